The first-order valence-corrected chi connectivity index (χ1v) is 8.08. The molecule has 2 aromatic rings. The van der Waals surface area contributed by atoms with Crippen molar-refractivity contribution >= 4 is 11.8 Å². The molecule has 0 saturated heterocycles. The van der Waals surface area contributed by atoms with Crippen molar-refractivity contribution in [2.75, 3.05) is 6.54 Å². The molecular weight excluding hydrogens is 262 g/mol. The molecule has 1 nitrogen and oxygen atoms in total. The third kappa shape index (κ3) is 4.12. The van der Waals surface area contributed by atoms with Gasteiger partial charge < -0.3 is 5.32 Å². The van der Waals surface area contributed by atoms with Gasteiger partial charge in [0.2, 0.25) is 0 Å². The van der Waals surface area contributed by atoms with Crippen molar-refractivity contribution in [2.45, 2.75) is 43.0 Å². The molecule has 0 aromatic heterocycles. The molecule has 0 radical (unpaired) electrons. The summed E-state index contributed by atoms with van der Waals surface area (Å²) in [6, 6.07) is 17.5. The minimum absolute atomic E-state index is 0.593. The largest absolute Gasteiger partial charge is 0.313 e. The molecule has 106 valence electrons. The van der Waals surface area contributed by atoms with Crippen LogP contribution in [0.25, 0.3) is 0 Å². The number of benzene rings is 2. The molecule has 0 bridgehead atoms. The zero-order chi connectivity index (χ0) is 14.4. The zero-order valence-electron chi connectivity index (χ0n) is 12.5. The third-order valence-corrected chi connectivity index (χ3v) is 4.44. The van der Waals surface area contributed by atoms with Crippen molar-refractivity contribution in [1.82, 2.24) is 5.32 Å². The van der Waals surface area contributed by atoms with Crippen LogP contribution >= 0.6 is 11.8 Å². The SMILES string of the molecule is CCNCc1ccccc1Sc1ccc(C(C)C)cc1. The van der Waals surface area contributed by atoms with Gasteiger partial charge in [-0.05, 0) is 41.8 Å². The lowest BCUT2D eigenvalue weighted by Gasteiger charge is -2.10. The maximum absolute atomic E-state index is 3.40. The Hall–Kier alpha value is -1.25. The second-order valence-electron chi connectivity index (χ2n) is 5.21. The highest BCUT2D eigenvalue weighted by Gasteiger charge is 2.04. The van der Waals surface area contributed by atoms with Crippen molar-refractivity contribution in [3.63, 3.8) is 0 Å². The minimum atomic E-state index is 0.593. The summed E-state index contributed by atoms with van der Waals surface area (Å²) in [6.45, 7) is 8.54. The van der Waals surface area contributed by atoms with Crippen LogP contribution in [-0.2, 0) is 6.54 Å². The molecule has 2 aromatic carbocycles. The van der Waals surface area contributed by atoms with Gasteiger partial charge in [0.1, 0.15) is 0 Å². The maximum Gasteiger partial charge on any atom is 0.0216 e. The maximum atomic E-state index is 3.40. The zero-order valence-corrected chi connectivity index (χ0v) is 13.3. The predicted octanol–water partition coefficient (Wildman–Crippen LogP) is 5.07. The topological polar surface area (TPSA) is 12.0 Å². The van der Waals surface area contributed by atoms with E-state index in [1.807, 2.05) is 11.8 Å². The monoisotopic (exact) mass is 285 g/mol. The van der Waals surface area contributed by atoms with E-state index in [1.54, 1.807) is 0 Å². The van der Waals surface area contributed by atoms with Gasteiger partial charge in [-0.25, -0.2) is 0 Å². The van der Waals surface area contributed by atoms with Crippen LogP contribution in [0.2, 0.25) is 0 Å². The van der Waals surface area contributed by atoms with Gasteiger partial charge in [0, 0.05) is 16.3 Å². The fourth-order valence-corrected chi connectivity index (χ4v) is 3.00. The van der Waals surface area contributed by atoms with Crippen LogP contribution < -0.4 is 5.32 Å². The molecule has 0 amide bonds. The van der Waals surface area contributed by atoms with E-state index >= 15 is 0 Å². The Labute approximate surface area is 126 Å². The van der Waals surface area contributed by atoms with Gasteiger partial charge in [0.15, 0.2) is 0 Å². The summed E-state index contributed by atoms with van der Waals surface area (Å²) < 4.78 is 0. The highest BCUT2D eigenvalue weighted by Crippen LogP contribution is 2.31. The molecule has 0 aliphatic heterocycles. The quantitative estimate of drug-likeness (QED) is 0.795. The Morgan fingerprint density at radius 1 is 1.00 bits per heavy atom. The third-order valence-electron chi connectivity index (χ3n) is 3.31. The van der Waals surface area contributed by atoms with Crippen molar-refractivity contribution in [3.05, 3.63) is 59.7 Å². The van der Waals surface area contributed by atoms with Gasteiger partial charge in [-0.3, -0.25) is 0 Å². The second kappa shape index (κ2) is 7.51. The number of nitrogens with one attached hydrogen (secondary N) is 1. The first kappa shape index (κ1) is 15.1. The summed E-state index contributed by atoms with van der Waals surface area (Å²) in [4.78, 5) is 2.64. The van der Waals surface area contributed by atoms with Crippen molar-refractivity contribution < 1.29 is 0 Å². The van der Waals surface area contributed by atoms with Gasteiger partial charge in [-0.1, -0.05) is 62.9 Å². The fourth-order valence-electron chi connectivity index (χ4n) is 2.06. The van der Waals surface area contributed by atoms with Gasteiger partial charge in [0.05, 0.1) is 0 Å². The number of hydrogen-bond acceptors (Lipinski definition) is 2. The summed E-state index contributed by atoms with van der Waals surface area (Å²) in [7, 11) is 0. The Morgan fingerprint density at radius 2 is 1.70 bits per heavy atom. The summed E-state index contributed by atoms with van der Waals surface area (Å²) in [6.07, 6.45) is 0. The first-order chi connectivity index (χ1) is 9.70. The van der Waals surface area contributed by atoms with Gasteiger partial charge >= 0.3 is 0 Å². The van der Waals surface area contributed by atoms with E-state index < -0.39 is 0 Å². The van der Waals surface area contributed by atoms with Crippen LogP contribution in [0, 0.1) is 0 Å². The van der Waals surface area contributed by atoms with E-state index in [9.17, 15) is 0 Å². The highest BCUT2D eigenvalue weighted by molar-refractivity contribution is 7.99. The minimum Gasteiger partial charge on any atom is -0.313 e. The second-order valence-corrected chi connectivity index (χ2v) is 6.33. The van der Waals surface area contributed by atoms with Gasteiger partial charge in [-0.15, -0.1) is 0 Å². The highest BCUT2D eigenvalue weighted by atomic mass is 32.2. The molecule has 2 rings (SSSR count). The molecule has 20 heavy (non-hydrogen) atoms. The van der Waals surface area contributed by atoms with Crippen molar-refractivity contribution in [1.29, 1.82) is 0 Å². The number of rotatable bonds is 6. The Morgan fingerprint density at radius 3 is 2.35 bits per heavy atom. The molecule has 0 spiro atoms. The van der Waals surface area contributed by atoms with Crippen LogP contribution in [0.4, 0.5) is 0 Å². The van der Waals surface area contributed by atoms with E-state index in [0.717, 1.165) is 13.1 Å². The lowest BCUT2D eigenvalue weighted by atomic mass is 10.0. The summed E-state index contributed by atoms with van der Waals surface area (Å²) >= 11 is 1.85. The Balaban J connectivity index is 2.13. The van der Waals surface area contributed by atoms with Crippen LogP contribution in [0.5, 0.6) is 0 Å². The normalized spacial score (nSPS) is 11.0. The lowest BCUT2D eigenvalue weighted by molar-refractivity contribution is 0.718. The fraction of sp³-hybridized carbons (Fsp3) is 0.333. The summed E-state index contributed by atoms with van der Waals surface area (Å²) in [5.41, 5.74) is 2.77. The molecule has 1 N–H and O–H groups in total. The van der Waals surface area contributed by atoms with E-state index in [0.29, 0.717) is 5.92 Å². The molecule has 0 atom stereocenters. The van der Waals surface area contributed by atoms with E-state index in [1.165, 1.54) is 20.9 Å². The van der Waals surface area contributed by atoms with Crippen LogP contribution in [-0.4, -0.2) is 6.54 Å². The van der Waals surface area contributed by atoms with E-state index in [-0.39, 0.29) is 0 Å². The van der Waals surface area contributed by atoms with Gasteiger partial charge in [-0.2, -0.15) is 0 Å². The van der Waals surface area contributed by atoms with E-state index in [2.05, 4.69) is 74.6 Å². The number of hydrogen-bond donors (Lipinski definition) is 1. The molecule has 0 aliphatic rings. The predicted molar refractivity (Wildman–Crippen MR) is 88.5 cm³/mol. The average Bonchev–Trinajstić information content (AvgIpc) is 2.47. The molecule has 0 aliphatic carbocycles. The molecule has 0 heterocycles. The summed E-state index contributed by atoms with van der Waals surface area (Å²) in [5, 5.41) is 3.40. The van der Waals surface area contributed by atoms with Crippen molar-refractivity contribution in [2.24, 2.45) is 0 Å². The summed E-state index contributed by atoms with van der Waals surface area (Å²) in [5.74, 6) is 0.593. The standard InChI is InChI=1S/C18H23NS/c1-4-19-13-16-7-5-6-8-18(16)20-17-11-9-15(10-12-17)14(2)3/h5-12,14,19H,4,13H2,1-3H3. The average molecular weight is 285 g/mol. The van der Waals surface area contributed by atoms with Crippen molar-refractivity contribution in [3.8, 4) is 0 Å². The van der Waals surface area contributed by atoms with Crippen LogP contribution in [0.3, 0.4) is 0 Å². The molecular formula is C18H23NS. The van der Waals surface area contributed by atoms with E-state index in [4.69, 9.17) is 0 Å². The molecule has 2 heteroatoms. The van der Waals surface area contributed by atoms with Gasteiger partial charge in [0.25, 0.3) is 0 Å². The Bertz CT molecular complexity index is 531. The first-order valence-electron chi connectivity index (χ1n) is 7.27. The Kier molecular flexibility index (Phi) is 5.69. The smallest absolute Gasteiger partial charge is 0.0216 e. The molecule has 0 fully saturated rings. The van der Waals surface area contributed by atoms with Crippen LogP contribution in [0.1, 0.15) is 37.8 Å². The van der Waals surface area contributed by atoms with Crippen LogP contribution in [0.15, 0.2) is 58.3 Å². The molecule has 0 unspecified atom stereocenters. The lowest BCUT2D eigenvalue weighted by Crippen LogP contribution is -2.12. The molecule has 0 saturated carbocycles.